The summed E-state index contributed by atoms with van der Waals surface area (Å²) in [6.45, 7) is 2.81. The summed E-state index contributed by atoms with van der Waals surface area (Å²) in [5.74, 6) is 0. The topological polar surface area (TPSA) is 21.3 Å². The Labute approximate surface area is 114 Å². The van der Waals surface area contributed by atoms with E-state index in [4.69, 9.17) is 16.3 Å². The van der Waals surface area contributed by atoms with Gasteiger partial charge in [0.15, 0.2) is 0 Å². The zero-order valence-corrected chi connectivity index (χ0v) is 11.4. The summed E-state index contributed by atoms with van der Waals surface area (Å²) in [4.78, 5) is 0. The van der Waals surface area contributed by atoms with E-state index in [1.165, 1.54) is 18.4 Å². The minimum atomic E-state index is 0.241. The fraction of sp³-hybridized carbons (Fsp3) is 0.600. The van der Waals surface area contributed by atoms with Gasteiger partial charge in [-0.25, -0.2) is 0 Å². The van der Waals surface area contributed by atoms with E-state index in [1.807, 2.05) is 12.1 Å². The first-order valence-corrected chi connectivity index (χ1v) is 7.24. The average Bonchev–Trinajstić information content (AvgIpc) is 3.22. The quantitative estimate of drug-likeness (QED) is 0.903. The second-order valence-corrected chi connectivity index (χ2v) is 5.99. The summed E-state index contributed by atoms with van der Waals surface area (Å²) in [6, 6.07) is 9.14. The predicted octanol–water partition coefficient (Wildman–Crippen LogP) is 3.14. The third-order valence-electron chi connectivity index (χ3n) is 4.21. The monoisotopic (exact) mass is 265 g/mol. The lowest BCUT2D eigenvalue weighted by Crippen LogP contribution is -2.43. The Bertz CT molecular complexity index is 393. The number of nitrogens with one attached hydrogen (secondary N) is 1. The molecule has 0 unspecified atom stereocenters. The second kappa shape index (κ2) is 5.20. The molecule has 2 aliphatic rings. The summed E-state index contributed by atoms with van der Waals surface area (Å²) in [5, 5.41) is 4.51. The highest BCUT2D eigenvalue weighted by atomic mass is 35.5. The zero-order chi connectivity index (χ0) is 12.4. The van der Waals surface area contributed by atoms with Crippen molar-refractivity contribution in [2.24, 2.45) is 0 Å². The molecule has 3 rings (SSSR count). The molecule has 1 aliphatic carbocycles. The van der Waals surface area contributed by atoms with Crippen LogP contribution in [0.15, 0.2) is 24.3 Å². The maximum atomic E-state index is 5.99. The van der Waals surface area contributed by atoms with Crippen molar-refractivity contribution in [3.63, 3.8) is 0 Å². The van der Waals surface area contributed by atoms with E-state index in [0.717, 1.165) is 43.7 Å². The molecule has 0 bridgehead atoms. The summed E-state index contributed by atoms with van der Waals surface area (Å²) in [7, 11) is 0. The summed E-state index contributed by atoms with van der Waals surface area (Å²) >= 11 is 5.99. The van der Waals surface area contributed by atoms with Crippen molar-refractivity contribution < 1.29 is 4.74 Å². The standard InChI is InChI=1S/C15H20ClNO/c16-13-3-1-12(2-4-13)15(7-9-18-10-8-15)11-17-14-5-6-14/h1-4,14,17H,5-11H2. The van der Waals surface area contributed by atoms with E-state index >= 15 is 0 Å². The number of benzene rings is 1. The molecule has 1 saturated carbocycles. The van der Waals surface area contributed by atoms with Crippen LogP contribution in [-0.4, -0.2) is 25.8 Å². The van der Waals surface area contributed by atoms with Gasteiger partial charge in [0.2, 0.25) is 0 Å². The molecule has 1 aromatic rings. The van der Waals surface area contributed by atoms with Crippen LogP contribution in [0.4, 0.5) is 0 Å². The normalized spacial score (nSPS) is 22.9. The molecular weight excluding hydrogens is 246 g/mol. The van der Waals surface area contributed by atoms with Crippen LogP contribution >= 0.6 is 11.6 Å². The first kappa shape index (κ1) is 12.5. The van der Waals surface area contributed by atoms with E-state index in [0.29, 0.717) is 0 Å². The summed E-state index contributed by atoms with van der Waals surface area (Å²) in [6.07, 6.45) is 4.89. The maximum absolute atomic E-state index is 5.99. The first-order valence-electron chi connectivity index (χ1n) is 6.86. The Morgan fingerprint density at radius 2 is 1.83 bits per heavy atom. The minimum Gasteiger partial charge on any atom is -0.381 e. The molecule has 0 spiro atoms. The Balaban J connectivity index is 1.80. The smallest absolute Gasteiger partial charge is 0.0475 e. The van der Waals surface area contributed by atoms with Gasteiger partial charge in [0.05, 0.1) is 0 Å². The van der Waals surface area contributed by atoms with E-state index in [9.17, 15) is 0 Å². The molecule has 1 heterocycles. The van der Waals surface area contributed by atoms with Gasteiger partial charge < -0.3 is 10.1 Å². The van der Waals surface area contributed by atoms with Gasteiger partial charge in [0.25, 0.3) is 0 Å². The highest BCUT2D eigenvalue weighted by molar-refractivity contribution is 6.30. The fourth-order valence-corrected chi connectivity index (χ4v) is 2.89. The molecule has 98 valence electrons. The molecule has 1 aromatic carbocycles. The van der Waals surface area contributed by atoms with Gasteiger partial charge in [-0.3, -0.25) is 0 Å². The number of rotatable bonds is 4. The van der Waals surface area contributed by atoms with Gasteiger partial charge in [0.1, 0.15) is 0 Å². The van der Waals surface area contributed by atoms with Crippen LogP contribution in [0.25, 0.3) is 0 Å². The van der Waals surface area contributed by atoms with Gasteiger partial charge >= 0.3 is 0 Å². The molecule has 1 N–H and O–H groups in total. The largest absolute Gasteiger partial charge is 0.381 e. The first-order chi connectivity index (χ1) is 8.78. The predicted molar refractivity (Wildman–Crippen MR) is 74.2 cm³/mol. The number of ether oxygens (including phenoxy) is 1. The number of halogens is 1. The SMILES string of the molecule is Clc1ccc(C2(CNC3CC3)CCOCC2)cc1. The molecule has 0 amide bonds. The third-order valence-corrected chi connectivity index (χ3v) is 4.46. The molecule has 0 radical (unpaired) electrons. The van der Waals surface area contributed by atoms with Crippen LogP contribution in [-0.2, 0) is 10.2 Å². The lowest BCUT2D eigenvalue weighted by molar-refractivity contribution is 0.0497. The maximum Gasteiger partial charge on any atom is 0.0475 e. The van der Waals surface area contributed by atoms with Gasteiger partial charge in [-0.2, -0.15) is 0 Å². The van der Waals surface area contributed by atoms with Crippen molar-refractivity contribution in [3.8, 4) is 0 Å². The van der Waals surface area contributed by atoms with Crippen LogP contribution in [0, 0.1) is 0 Å². The molecule has 18 heavy (non-hydrogen) atoms. The van der Waals surface area contributed by atoms with Crippen LogP contribution < -0.4 is 5.32 Å². The van der Waals surface area contributed by atoms with Gasteiger partial charge in [-0.15, -0.1) is 0 Å². The van der Waals surface area contributed by atoms with Crippen molar-refractivity contribution in [2.45, 2.75) is 37.1 Å². The van der Waals surface area contributed by atoms with E-state index in [2.05, 4.69) is 17.4 Å². The molecule has 1 aliphatic heterocycles. The van der Waals surface area contributed by atoms with Crippen molar-refractivity contribution >= 4 is 11.6 Å². The Morgan fingerprint density at radius 3 is 2.44 bits per heavy atom. The molecule has 0 aromatic heterocycles. The van der Waals surface area contributed by atoms with Gasteiger partial charge in [-0.05, 0) is 43.4 Å². The van der Waals surface area contributed by atoms with Gasteiger partial charge in [0, 0.05) is 36.2 Å². The minimum absolute atomic E-state index is 0.241. The molecular formula is C15H20ClNO. The number of hydrogen-bond donors (Lipinski definition) is 1. The van der Waals surface area contributed by atoms with Crippen LogP contribution in [0.2, 0.25) is 5.02 Å². The van der Waals surface area contributed by atoms with E-state index in [1.54, 1.807) is 0 Å². The van der Waals surface area contributed by atoms with Crippen molar-refractivity contribution in [1.82, 2.24) is 5.32 Å². The zero-order valence-electron chi connectivity index (χ0n) is 10.6. The highest BCUT2D eigenvalue weighted by Gasteiger charge is 2.35. The third kappa shape index (κ3) is 2.71. The van der Waals surface area contributed by atoms with Crippen LogP contribution in [0.5, 0.6) is 0 Å². The Hall–Kier alpha value is -0.570. The van der Waals surface area contributed by atoms with Crippen LogP contribution in [0.3, 0.4) is 0 Å². The molecule has 0 atom stereocenters. The molecule has 2 fully saturated rings. The lowest BCUT2D eigenvalue weighted by atomic mass is 9.74. The van der Waals surface area contributed by atoms with Crippen molar-refractivity contribution in [3.05, 3.63) is 34.9 Å². The Kier molecular flexibility index (Phi) is 3.60. The van der Waals surface area contributed by atoms with E-state index in [-0.39, 0.29) is 5.41 Å². The second-order valence-electron chi connectivity index (χ2n) is 5.55. The summed E-state index contributed by atoms with van der Waals surface area (Å²) in [5.41, 5.74) is 1.65. The fourth-order valence-electron chi connectivity index (χ4n) is 2.76. The van der Waals surface area contributed by atoms with E-state index < -0.39 is 0 Å². The lowest BCUT2D eigenvalue weighted by Gasteiger charge is -2.38. The van der Waals surface area contributed by atoms with Crippen molar-refractivity contribution in [1.29, 1.82) is 0 Å². The molecule has 2 nitrogen and oxygen atoms in total. The summed E-state index contributed by atoms with van der Waals surface area (Å²) < 4.78 is 5.54. The average molecular weight is 266 g/mol. The molecule has 1 saturated heterocycles. The van der Waals surface area contributed by atoms with Crippen LogP contribution in [0.1, 0.15) is 31.2 Å². The van der Waals surface area contributed by atoms with Gasteiger partial charge in [-0.1, -0.05) is 23.7 Å². The number of hydrogen-bond acceptors (Lipinski definition) is 2. The highest BCUT2D eigenvalue weighted by Crippen LogP contribution is 2.35. The molecule has 3 heteroatoms. The van der Waals surface area contributed by atoms with Crippen molar-refractivity contribution in [2.75, 3.05) is 19.8 Å². The Morgan fingerprint density at radius 1 is 1.17 bits per heavy atom.